The average Bonchev–Trinajstić information content (AvgIpc) is 2.27. The van der Waals surface area contributed by atoms with Crippen LogP contribution in [0.15, 0.2) is 23.8 Å². The number of ether oxygens (including phenoxy) is 1. The summed E-state index contributed by atoms with van der Waals surface area (Å²) in [5, 5.41) is 8.69. The van der Waals surface area contributed by atoms with E-state index in [1.807, 2.05) is 13.0 Å². The maximum absolute atomic E-state index is 10.9. The van der Waals surface area contributed by atoms with E-state index in [2.05, 4.69) is 0 Å². The second kappa shape index (κ2) is 4.99. The van der Waals surface area contributed by atoms with Crippen LogP contribution in [0.25, 0.3) is 6.08 Å². The minimum absolute atomic E-state index is 0.0779. The van der Waals surface area contributed by atoms with Gasteiger partial charge >= 0.3 is 0 Å². The van der Waals surface area contributed by atoms with E-state index in [4.69, 9.17) is 15.7 Å². The molecule has 0 aliphatic rings. The Morgan fingerprint density at radius 3 is 2.75 bits per heavy atom. The highest BCUT2D eigenvalue weighted by Crippen LogP contribution is 2.20. The molecule has 0 spiro atoms. The van der Waals surface area contributed by atoms with E-state index in [1.165, 1.54) is 6.08 Å². The number of amides is 1. The molecule has 0 saturated heterocycles. The quantitative estimate of drug-likeness (QED) is 0.612. The monoisotopic (exact) mass is 216 g/mol. The molecule has 4 nitrogen and oxygen atoms in total. The fraction of sp³-hybridized carbons (Fsp3) is 0.167. The molecule has 4 heteroatoms. The van der Waals surface area contributed by atoms with Crippen molar-refractivity contribution in [1.29, 1.82) is 5.26 Å². The van der Waals surface area contributed by atoms with Gasteiger partial charge in [0.15, 0.2) is 0 Å². The van der Waals surface area contributed by atoms with Gasteiger partial charge in [-0.25, -0.2) is 0 Å². The molecule has 82 valence electrons. The largest absolute Gasteiger partial charge is 0.496 e. The molecule has 0 bridgehead atoms. The lowest BCUT2D eigenvalue weighted by Crippen LogP contribution is -2.12. The Morgan fingerprint density at radius 2 is 2.25 bits per heavy atom. The smallest absolute Gasteiger partial charge is 0.259 e. The number of nitrogens with zero attached hydrogens (tertiary/aromatic N) is 1. The molecule has 1 aromatic carbocycles. The van der Waals surface area contributed by atoms with Gasteiger partial charge in [-0.05, 0) is 30.2 Å². The van der Waals surface area contributed by atoms with E-state index < -0.39 is 5.91 Å². The zero-order valence-corrected chi connectivity index (χ0v) is 9.15. The molecule has 0 atom stereocenters. The van der Waals surface area contributed by atoms with Gasteiger partial charge in [-0.2, -0.15) is 5.26 Å². The Labute approximate surface area is 93.9 Å². The van der Waals surface area contributed by atoms with Crippen LogP contribution in [0.3, 0.4) is 0 Å². The van der Waals surface area contributed by atoms with Crippen molar-refractivity contribution in [3.8, 4) is 11.8 Å². The van der Waals surface area contributed by atoms with Gasteiger partial charge < -0.3 is 10.5 Å². The predicted octanol–water partition coefficient (Wildman–Crippen LogP) is 1.40. The van der Waals surface area contributed by atoms with E-state index >= 15 is 0 Å². The van der Waals surface area contributed by atoms with Crippen LogP contribution < -0.4 is 10.5 Å². The summed E-state index contributed by atoms with van der Waals surface area (Å²) in [5.41, 5.74) is 6.65. The Kier molecular flexibility index (Phi) is 3.67. The molecule has 0 unspecified atom stereocenters. The van der Waals surface area contributed by atoms with E-state index in [-0.39, 0.29) is 5.57 Å². The van der Waals surface area contributed by atoms with Crippen molar-refractivity contribution < 1.29 is 9.53 Å². The van der Waals surface area contributed by atoms with Crippen molar-refractivity contribution >= 4 is 12.0 Å². The second-order valence-electron chi connectivity index (χ2n) is 3.26. The van der Waals surface area contributed by atoms with Gasteiger partial charge in [0, 0.05) is 0 Å². The van der Waals surface area contributed by atoms with Gasteiger partial charge in [-0.3, -0.25) is 4.79 Å². The number of methoxy groups -OCH3 is 1. The molecule has 16 heavy (non-hydrogen) atoms. The third-order valence-electron chi connectivity index (χ3n) is 2.13. The van der Waals surface area contributed by atoms with E-state index in [1.54, 1.807) is 25.3 Å². The predicted molar refractivity (Wildman–Crippen MR) is 60.5 cm³/mol. The minimum atomic E-state index is -0.734. The van der Waals surface area contributed by atoms with Gasteiger partial charge in [0.2, 0.25) is 0 Å². The normalized spacial score (nSPS) is 10.7. The average molecular weight is 216 g/mol. The maximum atomic E-state index is 10.9. The number of aryl methyl sites for hydroxylation is 1. The standard InChI is InChI=1S/C12H12N2O2/c1-8-3-4-9(6-11(8)16-2)5-10(7-13)12(14)15/h3-6H,1-2H3,(H2,14,15)/b10-5+. The number of rotatable bonds is 3. The molecule has 0 aliphatic heterocycles. The lowest BCUT2D eigenvalue weighted by Gasteiger charge is -2.05. The van der Waals surface area contributed by atoms with E-state index in [0.717, 1.165) is 5.56 Å². The van der Waals surface area contributed by atoms with Crippen LogP contribution in [0.1, 0.15) is 11.1 Å². The molecule has 0 fully saturated rings. The molecule has 1 amide bonds. The molecule has 0 aliphatic carbocycles. The molecule has 0 radical (unpaired) electrons. The number of primary amides is 1. The Morgan fingerprint density at radius 1 is 1.56 bits per heavy atom. The van der Waals surface area contributed by atoms with Crippen LogP contribution in [0.4, 0.5) is 0 Å². The Bertz CT molecular complexity index is 484. The highest BCUT2D eigenvalue weighted by molar-refractivity contribution is 6.00. The van der Waals surface area contributed by atoms with Crippen molar-refractivity contribution in [3.63, 3.8) is 0 Å². The minimum Gasteiger partial charge on any atom is -0.496 e. The first-order valence-corrected chi connectivity index (χ1v) is 4.64. The summed E-state index contributed by atoms with van der Waals surface area (Å²) in [4.78, 5) is 10.9. The van der Waals surface area contributed by atoms with Crippen LogP contribution in [0.5, 0.6) is 5.75 Å². The summed E-state index contributed by atoms with van der Waals surface area (Å²) in [7, 11) is 1.56. The molecule has 1 aromatic rings. The van der Waals surface area contributed by atoms with Crippen LogP contribution in [-0.2, 0) is 4.79 Å². The van der Waals surface area contributed by atoms with Gasteiger partial charge in [-0.15, -0.1) is 0 Å². The summed E-state index contributed by atoms with van der Waals surface area (Å²) in [6.45, 7) is 1.91. The van der Waals surface area contributed by atoms with Crippen molar-refractivity contribution in [1.82, 2.24) is 0 Å². The van der Waals surface area contributed by atoms with E-state index in [0.29, 0.717) is 11.3 Å². The van der Waals surface area contributed by atoms with Crippen molar-refractivity contribution in [3.05, 3.63) is 34.9 Å². The summed E-state index contributed by atoms with van der Waals surface area (Å²) >= 11 is 0. The van der Waals surface area contributed by atoms with E-state index in [9.17, 15) is 4.79 Å². The molecule has 0 aromatic heterocycles. The summed E-state index contributed by atoms with van der Waals surface area (Å²) in [6, 6.07) is 7.13. The van der Waals surface area contributed by atoms with Crippen LogP contribution in [0.2, 0.25) is 0 Å². The number of hydrogen-bond donors (Lipinski definition) is 1. The zero-order valence-electron chi connectivity index (χ0n) is 9.15. The lowest BCUT2D eigenvalue weighted by atomic mass is 10.1. The molecule has 0 saturated carbocycles. The highest BCUT2D eigenvalue weighted by Gasteiger charge is 2.04. The molecule has 0 heterocycles. The Balaban J connectivity index is 3.16. The van der Waals surface area contributed by atoms with Crippen LogP contribution >= 0.6 is 0 Å². The van der Waals surface area contributed by atoms with Crippen molar-refractivity contribution in [2.45, 2.75) is 6.92 Å². The number of carbonyl (C=O) groups is 1. The summed E-state index contributed by atoms with van der Waals surface area (Å²) in [6.07, 6.45) is 1.43. The molecule has 1 rings (SSSR count). The van der Waals surface area contributed by atoms with Gasteiger partial charge in [0.1, 0.15) is 17.4 Å². The van der Waals surface area contributed by atoms with Crippen molar-refractivity contribution in [2.75, 3.05) is 7.11 Å². The van der Waals surface area contributed by atoms with Gasteiger partial charge in [0.05, 0.1) is 7.11 Å². The third kappa shape index (κ3) is 2.61. The first-order chi connectivity index (χ1) is 7.58. The second-order valence-corrected chi connectivity index (χ2v) is 3.26. The van der Waals surface area contributed by atoms with Crippen LogP contribution in [0, 0.1) is 18.3 Å². The fourth-order valence-electron chi connectivity index (χ4n) is 1.25. The van der Waals surface area contributed by atoms with Crippen LogP contribution in [-0.4, -0.2) is 13.0 Å². The summed E-state index contributed by atoms with van der Waals surface area (Å²) in [5.74, 6) is -0.0300. The first kappa shape index (κ1) is 11.8. The highest BCUT2D eigenvalue weighted by atomic mass is 16.5. The third-order valence-corrected chi connectivity index (χ3v) is 2.13. The number of nitriles is 1. The number of hydrogen-bond acceptors (Lipinski definition) is 3. The van der Waals surface area contributed by atoms with Crippen molar-refractivity contribution in [2.24, 2.45) is 5.73 Å². The number of benzene rings is 1. The number of nitrogens with two attached hydrogens (primary N) is 1. The summed E-state index contributed by atoms with van der Waals surface area (Å²) < 4.78 is 5.13. The maximum Gasteiger partial charge on any atom is 0.259 e. The lowest BCUT2D eigenvalue weighted by molar-refractivity contribution is -0.114. The first-order valence-electron chi connectivity index (χ1n) is 4.64. The number of carbonyl (C=O) groups excluding carboxylic acids is 1. The zero-order chi connectivity index (χ0) is 12.1. The molecular weight excluding hydrogens is 204 g/mol. The fourth-order valence-corrected chi connectivity index (χ4v) is 1.25. The SMILES string of the molecule is COc1cc(/C=C(\C#N)C(N)=O)ccc1C. The topological polar surface area (TPSA) is 76.1 Å². The Hall–Kier alpha value is -2.28. The molecule has 2 N–H and O–H groups in total. The van der Waals surface area contributed by atoms with Gasteiger partial charge in [-0.1, -0.05) is 12.1 Å². The molecular formula is C12H12N2O2. The van der Waals surface area contributed by atoms with Gasteiger partial charge in [0.25, 0.3) is 5.91 Å².